The lowest BCUT2D eigenvalue weighted by Gasteiger charge is -2.04. The first-order valence-corrected chi connectivity index (χ1v) is 6.12. The summed E-state index contributed by atoms with van der Waals surface area (Å²) in [5.74, 6) is -0.0945. The fourth-order valence-electron chi connectivity index (χ4n) is 1.65. The number of carbonyl (C=O) groups is 1. The average Bonchev–Trinajstić information content (AvgIpc) is 2.47. The minimum Gasteiger partial charge on any atom is -0.305 e. The highest BCUT2D eigenvalue weighted by Crippen LogP contribution is 2.11. The van der Waals surface area contributed by atoms with Crippen molar-refractivity contribution in [2.45, 2.75) is 0 Å². The van der Waals surface area contributed by atoms with Crippen molar-refractivity contribution in [2.75, 3.05) is 5.32 Å². The summed E-state index contributed by atoms with van der Waals surface area (Å²) < 4.78 is 0. The number of halogens is 1. The third kappa shape index (κ3) is 2.55. The van der Waals surface area contributed by atoms with Gasteiger partial charge < -0.3 is 5.32 Å². The van der Waals surface area contributed by atoms with Crippen LogP contribution in [0.1, 0.15) is 10.5 Å². The maximum Gasteiger partial charge on any atom is 0.277 e. The quantitative estimate of drug-likeness (QED) is 0.731. The van der Waals surface area contributed by atoms with Crippen LogP contribution in [0.2, 0.25) is 5.28 Å². The van der Waals surface area contributed by atoms with Gasteiger partial charge in [0, 0.05) is 6.20 Å². The van der Waals surface area contributed by atoms with E-state index in [0.717, 1.165) is 5.52 Å². The van der Waals surface area contributed by atoms with E-state index in [9.17, 15) is 4.79 Å². The first-order chi connectivity index (χ1) is 9.72. The second-order valence-electron chi connectivity index (χ2n) is 3.91. The summed E-state index contributed by atoms with van der Waals surface area (Å²) in [5.41, 5.74) is 1.59. The number of rotatable bonds is 2. The molecule has 7 heteroatoms. The summed E-state index contributed by atoms with van der Waals surface area (Å²) >= 11 is 5.65. The highest BCUT2D eigenvalue weighted by atomic mass is 35.5. The minimum atomic E-state index is -0.405. The largest absolute Gasteiger partial charge is 0.305 e. The third-order valence-electron chi connectivity index (χ3n) is 2.55. The number of para-hydroxylation sites is 2. The molecule has 98 valence electrons. The summed E-state index contributed by atoms with van der Waals surface area (Å²) in [6.07, 6.45) is 2.87. The Morgan fingerprint density at radius 3 is 2.65 bits per heavy atom. The molecule has 0 aliphatic heterocycles. The monoisotopic (exact) mass is 285 g/mol. The molecular formula is C13H8ClN5O. The molecule has 0 radical (unpaired) electrons. The third-order valence-corrected chi connectivity index (χ3v) is 2.73. The number of benzene rings is 1. The molecule has 0 saturated carbocycles. The number of nitrogens with zero attached hydrogens (tertiary/aromatic N) is 4. The van der Waals surface area contributed by atoms with Crippen LogP contribution in [0.25, 0.3) is 11.0 Å². The zero-order valence-corrected chi connectivity index (χ0v) is 10.9. The number of aromatic nitrogens is 4. The first kappa shape index (κ1) is 12.4. The maximum absolute atomic E-state index is 12.1. The van der Waals surface area contributed by atoms with Crippen molar-refractivity contribution in [3.05, 3.63) is 53.7 Å². The van der Waals surface area contributed by atoms with Gasteiger partial charge in [0.2, 0.25) is 5.28 Å². The molecule has 20 heavy (non-hydrogen) atoms. The zero-order valence-electron chi connectivity index (χ0n) is 10.1. The number of fused-ring (bicyclic) bond motifs is 1. The minimum absolute atomic E-state index is 0.0624. The summed E-state index contributed by atoms with van der Waals surface area (Å²) in [4.78, 5) is 28.1. The molecule has 0 aliphatic carbocycles. The van der Waals surface area contributed by atoms with Crippen LogP contribution in [0.5, 0.6) is 0 Å². The molecule has 0 unspecified atom stereocenters. The van der Waals surface area contributed by atoms with Gasteiger partial charge in [-0.15, -0.1) is 0 Å². The van der Waals surface area contributed by atoms with Crippen LogP contribution in [0.4, 0.5) is 5.82 Å². The Morgan fingerprint density at radius 1 is 1.05 bits per heavy atom. The molecule has 3 rings (SSSR count). The van der Waals surface area contributed by atoms with Crippen LogP contribution in [-0.2, 0) is 0 Å². The van der Waals surface area contributed by atoms with Crippen LogP contribution >= 0.6 is 11.6 Å². The van der Waals surface area contributed by atoms with Gasteiger partial charge in [-0.25, -0.2) is 15.0 Å². The van der Waals surface area contributed by atoms with Gasteiger partial charge in [0.05, 0.1) is 17.2 Å². The smallest absolute Gasteiger partial charge is 0.277 e. The number of hydrogen-bond donors (Lipinski definition) is 1. The Bertz CT molecular complexity index is 792. The average molecular weight is 286 g/mol. The molecule has 6 nitrogen and oxygen atoms in total. The van der Waals surface area contributed by atoms with Crippen LogP contribution in [0, 0.1) is 0 Å². The predicted molar refractivity (Wildman–Crippen MR) is 74.5 cm³/mol. The molecule has 0 spiro atoms. The van der Waals surface area contributed by atoms with Crippen LogP contribution in [0.3, 0.4) is 0 Å². The van der Waals surface area contributed by atoms with E-state index >= 15 is 0 Å². The Balaban J connectivity index is 1.88. The van der Waals surface area contributed by atoms with Crippen molar-refractivity contribution in [3.8, 4) is 0 Å². The summed E-state index contributed by atoms with van der Waals surface area (Å²) in [6, 6.07) is 8.86. The van der Waals surface area contributed by atoms with Crippen molar-refractivity contribution < 1.29 is 4.79 Å². The van der Waals surface area contributed by atoms with Gasteiger partial charge in [-0.05, 0) is 29.8 Å². The molecule has 0 saturated heterocycles. The Morgan fingerprint density at radius 2 is 1.85 bits per heavy atom. The number of anilines is 1. The molecule has 0 bridgehead atoms. The Kier molecular flexibility index (Phi) is 3.22. The van der Waals surface area contributed by atoms with E-state index in [1.807, 2.05) is 18.2 Å². The normalized spacial score (nSPS) is 10.4. The van der Waals surface area contributed by atoms with Crippen LogP contribution < -0.4 is 5.32 Å². The fourth-order valence-corrected chi connectivity index (χ4v) is 1.80. The SMILES string of the molecule is O=C(Nc1ccnc(Cl)n1)c1cnc2ccccc2n1. The van der Waals surface area contributed by atoms with E-state index in [1.54, 1.807) is 6.07 Å². The molecule has 0 fully saturated rings. The summed E-state index contributed by atoms with van der Waals surface area (Å²) in [7, 11) is 0. The highest BCUT2D eigenvalue weighted by Gasteiger charge is 2.10. The highest BCUT2D eigenvalue weighted by molar-refractivity contribution is 6.28. The van der Waals surface area contributed by atoms with Crippen molar-refractivity contribution in [1.29, 1.82) is 0 Å². The van der Waals surface area contributed by atoms with Gasteiger partial charge in [-0.3, -0.25) is 9.78 Å². The van der Waals surface area contributed by atoms with Crippen molar-refractivity contribution in [2.24, 2.45) is 0 Å². The summed E-state index contributed by atoms with van der Waals surface area (Å²) in [5, 5.41) is 2.65. The molecule has 2 heterocycles. The molecule has 2 aromatic heterocycles. The number of hydrogen-bond acceptors (Lipinski definition) is 5. The lowest BCUT2D eigenvalue weighted by molar-refractivity contribution is 0.102. The van der Waals surface area contributed by atoms with E-state index in [-0.39, 0.29) is 11.0 Å². The standard InChI is InChI=1S/C13H8ClN5O/c14-13-15-6-5-11(19-13)18-12(20)10-7-16-8-3-1-2-4-9(8)17-10/h1-7H,(H,15,18,19,20). The van der Waals surface area contributed by atoms with Gasteiger partial charge >= 0.3 is 0 Å². The first-order valence-electron chi connectivity index (χ1n) is 5.74. The number of amides is 1. The van der Waals surface area contributed by atoms with E-state index in [2.05, 4.69) is 25.3 Å². The zero-order chi connectivity index (χ0) is 13.9. The fraction of sp³-hybridized carbons (Fsp3) is 0. The molecule has 3 aromatic rings. The lowest BCUT2D eigenvalue weighted by atomic mass is 10.3. The molecule has 1 N–H and O–H groups in total. The van der Waals surface area contributed by atoms with E-state index < -0.39 is 5.91 Å². The Hall–Kier alpha value is -2.60. The molecule has 0 atom stereocenters. The summed E-state index contributed by atoms with van der Waals surface area (Å²) in [6.45, 7) is 0. The van der Waals surface area contributed by atoms with Crippen molar-refractivity contribution in [3.63, 3.8) is 0 Å². The van der Waals surface area contributed by atoms with Crippen molar-refractivity contribution >= 4 is 34.4 Å². The topological polar surface area (TPSA) is 80.7 Å². The van der Waals surface area contributed by atoms with Gasteiger partial charge in [0.1, 0.15) is 11.5 Å². The lowest BCUT2D eigenvalue weighted by Crippen LogP contribution is -2.15. The Labute approximate surface area is 118 Å². The molecule has 1 amide bonds. The molecular weight excluding hydrogens is 278 g/mol. The number of carbonyl (C=O) groups excluding carboxylic acids is 1. The molecule has 0 aliphatic rings. The van der Waals surface area contributed by atoms with Gasteiger partial charge in [-0.1, -0.05) is 12.1 Å². The maximum atomic E-state index is 12.1. The second-order valence-corrected chi connectivity index (χ2v) is 4.25. The van der Waals surface area contributed by atoms with Crippen LogP contribution in [-0.4, -0.2) is 25.8 Å². The van der Waals surface area contributed by atoms with Gasteiger partial charge in [-0.2, -0.15) is 0 Å². The number of nitrogens with one attached hydrogen (secondary N) is 1. The van der Waals surface area contributed by atoms with Crippen molar-refractivity contribution in [1.82, 2.24) is 19.9 Å². The van der Waals surface area contributed by atoms with Crippen LogP contribution in [0.15, 0.2) is 42.7 Å². The van der Waals surface area contributed by atoms with E-state index in [1.165, 1.54) is 18.5 Å². The van der Waals surface area contributed by atoms with Gasteiger partial charge in [0.25, 0.3) is 5.91 Å². The second kappa shape index (κ2) is 5.18. The predicted octanol–water partition coefficient (Wildman–Crippen LogP) is 2.33. The molecule has 1 aromatic carbocycles. The van der Waals surface area contributed by atoms with Gasteiger partial charge in [0.15, 0.2) is 0 Å². The van der Waals surface area contributed by atoms with E-state index in [4.69, 9.17) is 11.6 Å². The van der Waals surface area contributed by atoms with E-state index in [0.29, 0.717) is 11.3 Å².